The monoisotopic (exact) mass is 1710 g/mol. The maximum Gasteiger partial charge on any atom is 0.409 e. The summed E-state index contributed by atoms with van der Waals surface area (Å²) in [4.78, 5) is 122. The number of benzene rings is 4. The van der Waals surface area contributed by atoms with Crippen LogP contribution in [0.4, 0.5) is 4.79 Å². The molecule has 26 nitrogen and oxygen atoms in total. The summed E-state index contributed by atoms with van der Waals surface area (Å²) in [5, 5.41) is 5.34. The van der Waals surface area contributed by atoms with Crippen LogP contribution in [0.1, 0.15) is 175 Å². The Balaban J connectivity index is 0.000000161. The van der Waals surface area contributed by atoms with Gasteiger partial charge >= 0.3 is 6.09 Å². The fourth-order valence-corrected chi connectivity index (χ4v) is 17.5. The minimum Gasteiger partial charge on any atom is -0.453 e. The molecule has 4 fully saturated rings. The second-order valence-corrected chi connectivity index (χ2v) is 33.5. The third kappa shape index (κ3) is 22.0. The number of ether oxygens (including phenoxy) is 2. The Bertz CT molecular complexity index is 6000. The van der Waals surface area contributed by atoms with Crippen molar-refractivity contribution >= 4 is 69.8 Å². The summed E-state index contributed by atoms with van der Waals surface area (Å²) in [5.74, 6) is 1.74. The molecule has 4 aliphatic rings. The molecule has 12 aromatic rings. The molecule has 2 atom stereocenters. The van der Waals surface area contributed by atoms with Gasteiger partial charge in [0.1, 0.15) is 22.6 Å². The third-order valence-electron chi connectivity index (χ3n) is 24.5. The molecule has 6 N–H and O–H groups in total. The van der Waals surface area contributed by atoms with Gasteiger partial charge in [0.25, 0.3) is 11.8 Å². The van der Waals surface area contributed by atoms with Crippen LogP contribution in [0, 0.1) is 73.1 Å². The first-order valence-electron chi connectivity index (χ1n) is 43.6. The van der Waals surface area contributed by atoms with Gasteiger partial charge in [-0.3, -0.25) is 33.6 Å². The number of carbonyl (C=O) groups excluding carboxylic acids is 8. The van der Waals surface area contributed by atoms with Gasteiger partial charge in [0, 0.05) is 163 Å². The zero-order valence-corrected chi connectivity index (χ0v) is 76.5. The van der Waals surface area contributed by atoms with Gasteiger partial charge in [-0.15, -0.1) is 0 Å². The number of nitrogens with zero attached hydrogens (tertiary/aromatic N) is 12. The number of carbonyl (C=O) groups is 8. The molecule has 1 unspecified atom stereocenters. The van der Waals surface area contributed by atoms with Gasteiger partial charge < -0.3 is 68.8 Å². The number of piperidine rings is 2. The van der Waals surface area contributed by atoms with Crippen molar-refractivity contribution in [3.05, 3.63) is 236 Å². The summed E-state index contributed by atoms with van der Waals surface area (Å²) in [7, 11) is 7.70. The van der Waals surface area contributed by atoms with Gasteiger partial charge in [-0.2, -0.15) is 0 Å². The van der Waals surface area contributed by atoms with Crippen LogP contribution < -0.4 is 22.1 Å². The number of pyridine rings is 4. The van der Waals surface area contributed by atoms with Gasteiger partial charge in [0.2, 0.25) is 17.7 Å². The minimum absolute atomic E-state index is 0.0675. The van der Waals surface area contributed by atoms with Crippen molar-refractivity contribution in [1.82, 2.24) is 67.8 Å². The van der Waals surface area contributed by atoms with Crippen LogP contribution in [0.2, 0.25) is 0 Å². The number of nitrogens with two attached hydrogens (primary N) is 2. The van der Waals surface area contributed by atoms with E-state index in [1.807, 2.05) is 128 Å². The molecule has 0 spiro atoms. The number of aromatic nitrogens is 8. The quantitative estimate of drug-likeness (QED) is 0.0653. The van der Waals surface area contributed by atoms with Crippen molar-refractivity contribution in [3.8, 4) is 45.0 Å². The van der Waals surface area contributed by atoms with Gasteiger partial charge in [0.15, 0.2) is 11.6 Å². The molecule has 6 amide bonds. The zero-order valence-electron chi connectivity index (χ0n) is 76.5. The Labute approximate surface area is 739 Å². The summed E-state index contributed by atoms with van der Waals surface area (Å²) in [5.41, 5.74) is 36.8. The van der Waals surface area contributed by atoms with Crippen LogP contribution >= 0.6 is 0 Å². The molecule has 16 rings (SSSR count). The van der Waals surface area contributed by atoms with E-state index >= 15 is 0 Å². The lowest BCUT2D eigenvalue weighted by molar-refractivity contribution is -0.136. The summed E-state index contributed by atoms with van der Waals surface area (Å²) >= 11 is 0. The highest BCUT2D eigenvalue weighted by atomic mass is 16.5. The SMILES string of the molecule is CC(=O)c1ccc(-c2nc3cc(C)ccn3c2CC2CCN(C(C)=O)CC2)c(C)c1.CN.CN.CNC(=O)c1ccc(-c2nc3cc(C)ccn3c2CC2CCN(C(C)=O)C2)c(C)c1.CNC(=O)c1ccc(-c2nc3cc(C)ccn3c2C[C@@H]2CN(C(C)=O)CCO2)c(C)c1.COC(=O)N1CCC(Cc2c(-c3ccc(C(C)=O)cc3C)nc3cc(C)ccn23)CC1. The number of amides is 6. The molecule has 664 valence electrons. The largest absolute Gasteiger partial charge is 0.453 e. The number of morpholine rings is 1. The van der Waals surface area contributed by atoms with Crippen LogP contribution in [0.15, 0.2) is 146 Å². The van der Waals surface area contributed by atoms with Crippen LogP contribution in [-0.4, -0.2) is 205 Å². The molecule has 12 heterocycles. The van der Waals surface area contributed by atoms with E-state index < -0.39 is 0 Å². The highest BCUT2D eigenvalue weighted by molar-refractivity contribution is 5.97. The van der Waals surface area contributed by atoms with Crippen LogP contribution in [0.25, 0.3) is 67.6 Å². The average molecular weight is 1710 g/mol. The number of rotatable bonds is 16. The fraction of sp³-hybridized carbons (Fsp3) is 0.400. The lowest BCUT2D eigenvalue weighted by atomic mass is 9.90. The van der Waals surface area contributed by atoms with E-state index in [-0.39, 0.29) is 53.3 Å². The number of aryl methyl sites for hydroxylation is 8. The first-order chi connectivity index (χ1) is 60.4. The topological polar surface area (TPSA) is 313 Å². The zero-order chi connectivity index (χ0) is 91.1. The van der Waals surface area contributed by atoms with Crippen molar-refractivity contribution < 1.29 is 47.8 Å². The van der Waals surface area contributed by atoms with Crippen LogP contribution in [0.3, 0.4) is 0 Å². The van der Waals surface area contributed by atoms with Crippen molar-refractivity contribution in [2.75, 3.05) is 94.3 Å². The normalized spacial score (nSPS) is 15.2. The van der Waals surface area contributed by atoms with Gasteiger partial charge in [-0.25, -0.2) is 24.7 Å². The Hall–Kier alpha value is -12.5. The Kier molecular flexibility index (Phi) is 31.7. The molecule has 4 aromatic carbocycles. The summed E-state index contributed by atoms with van der Waals surface area (Å²) in [6.45, 7) is 30.9. The number of likely N-dealkylation sites (tertiary alicyclic amines) is 3. The summed E-state index contributed by atoms with van der Waals surface area (Å²) in [6.07, 6.45) is 16.2. The van der Waals surface area contributed by atoms with Crippen LogP contribution in [-0.2, 0) is 49.5 Å². The molecule has 8 aromatic heterocycles. The number of Topliss-reactive ketones (excluding diaryl/α,β-unsaturated/α-hetero) is 2. The summed E-state index contributed by atoms with van der Waals surface area (Å²) in [6, 6.07) is 39.9. The molecule has 0 saturated carbocycles. The highest BCUT2D eigenvalue weighted by Crippen LogP contribution is 2.38. The third-order valence-corrected chi connectivity index (χ3v) is 24.5. The number of ketones is 2. The maximum atomic E-state index is 12.0. The van der Waals surface area contributed by atoms with E-state index in [4.69, 9.17) is 29.4 Å². The number of imidazole rings is 4. The van der Waals surface area contributed by atoms with Crippen molar-refractivity contribution in [1.29, 1.82) is 0 Å². The van der Waals surface area contributed by atoms with Crippen molar-refractivity contribution in [3.63, 3.8) is 0 Å². The molecule has 0 bridgehead atoms. The molecule has 26 heteroatoms. The Morgan fingerprint density at radius 2 is 0.667 bits per heavy atom. The Morgan fingerprint density at radius 1 is 0.373 bits per heavy atom. The predicted molar refractivity (Wildman–Crippen MR) is 496 cm³/mol. The first kappa shape index (κ1) is 94.2. The standard InChI is InChI=1S/C25H29N3O3.C25H29N3O2.C24H28N4O3.C24H28N4O2.2CH5N/c1-16-7-12-28-22(15-19-8-10-27(11-9-19)25(30)31-4)24(26-23(28)13-16)21-6-5-20(18(3)29)14-17(21)2;1-16-7-12-28-23(15-20-8-10-27(11-9-20)19(4)30)25(26-24(28)13-16)22-6-5-21(18(3)29)14-17(22)2;1-15-7-8-28-21(13-19-14-27(17(3)29)9-10-31-19)23(26-22(28)11-15)20-6-5-18(12-16(20)2)24(30)25-4;1-15-7-10-28-21(13-18-8-9-27(14-18)17(3)29)23(26-22(28)11-15)20-6-5-19(12-16(20)2)24(30)25-4;2*1-2/h5-7,12-14,19H,8-11,15H2,1-4H3;5-7,12-14,20H,8-11,15H2,1-4H3;5-8,11-12,19H,9-10,13-14H2,1-4H3,(H,25,30);5-7,10-12,18H,8-9,13-14H2,1-4H3,(H,25,30);2*2H2,1H3/t;;19-;;;/m..1.../s1. The van der Waals surface area contributed by atoms with Gasteiger partial charge in [-0.05, 0) is 282 Å². The number of nitrogens with one attached hydrogen (secondary N) is 2. The maximum absolute atomic E-state index is 12.0. The van der Waals surface area contributed by atoms with E-state index in [0.29, 0.717) is 55.0 Å². The van der Waals surface area contributed by atoms with E-state index in [9.17, 15) is 38.4 Å². The lowest BCUT2D eigenvalue weighted by Crippen LogP contribution is -2.45. The average Bonchev–Trinajstić information content (AvgIpc) is 1.64. The minimum atomic E-state index is -0.245. The second kappa shape index (κ2) is 42.4. The molecule has 126 heavy (non-hydrogen) atoms. The highest BCUT2D eigenvalue weighted by Gasteiger charge is 2.32. The number of methoxy groups -OCH3 is 1. The molecule has 4 saturated heterocycles. The first-order valence-corrected chi connectivity index (χ1v) is 43.6. The van der Waals surface area contributed by atoms with E-state index in [2.05, 4.69) is 128 Å². The van der Waals surface area contributed by atoms with E-state index in [0.717, 1.165) is 209 Å². The van der Waals surface area contributed by atoms with E-state index in [1.54, 1.807) is 53.6 Å². The lowest BCUT2D eigenvalue weighted by Gasteiger charge is -2.32. The molecule has 0 radical (unpaired) electrons. The van der Waals surface area contributed by atoms with Crippen molar-refractivity contribution in [2.45, 2.75) is 154 Å². The predicted octanol–water partition coefficient (Wildman–Crippen LogP) is 14.8. The fourth-order valence-electron chi connectivity index (χ4n) is 17.5. The number of fused-ring (bicyclic) bond motifs is 4. The molecule has 0 aliphatic carbocycles. The number of hydrogen-bond acceptors (Lipinski definition) is 16. The van der Waals surface area contributed by atoms with Crippen LogP contribution in [0.5, 0.6) is 0 Å². The smallest absolute Gasteiger partial charge is 0.409 e. The Morgan fingerprint density at radius 3 is 0.976 bits per heavy atom. The molecular weight excluding hydrogens is 1590 g/mol. The van der Waals surface area contributed by atoms with Gasteiger partial charge in [0.05, 0.1) is 65.4 Å². The molecule has 4 aliphatic heterocycles. The van der Waals surface area contributed by atoms with Gasteiger partial charge in [-0.1, -0.05) is 36.4 Å². The number of hydrogen-bond donors (Lipinski definition) is 4. The second-order valence-electron chi connectivity index (χ2n) is 33.5. The van der Waals surface area contributed by atoms with E-state index in [1.165, 1.54) is 49.3 Å². The summed E-state index contributed by atoms with van der Waals surface area (Å²) < 4.78 is 19.5. The molecular formula is C100H124N16O10. The van der Waals surface area contributed by atoms with Crippen molar-refractivity contribution in [2.24, 2.45) is 29.2 Å².